The Labute approximate surface area is 132 Å². The van der Waals surface area contributed by atoms with E-state index in [0.29, 0.717) is 0 Å². The maximum atomic E-state index is 2.23. The van der Waals surface area contributed by atoms with Gasteiger partial charge in [0.05, 0.1) is 0 Å². The fourth-order valence-corrected chi connectivity index (χ4v) is 2.82. The Morgan fingerprint density at radius 3 is 2.20 bits per heavy atom. The predicted molar refractivity (Wildman–Crippen MR) is 89.9 cm³/mol. The van der Waals surface area contributed by atoms with Crippen molar-refractivity contribution in [3.63, 3.8) is 0 Å². The zero-order chi connectivity index (χ0) is 14.4. The fourth-order valence-electron chi connectivity index (χ4n) is 2.82. The van der Waals surface area contributed by atoms with E-state index in [-0.39, 0.29) is 0 Å². The summed E-state index contributed by atoms with van der Waals surface area (Å²) in [4.78, 5) is 0. The predicted octanol–water partition coefficient (Wildman–Crippen LogP) is 4.64. The topological polar surface area (TPSA) is 0 Å². The molecule has 1 aliphatic rings. The Hall–Kier alpha value is -0.963. The summed E-state index contributed by atoms with van der Waals surface area (Å²) < 4.78 is 1.42. The second-order valence-electron chi connectivity index (χ2n) is 5.64. The number of rotatable bonds is 3. The molecule has 0 fully saturated rings. The molecule has 2 aromatic carbocycles. The van der Waals surface area contributed by atoms with E-state index in [0.717, 1.165) is 6.42 Å². The van der Waals surface area contributed by atoms with Crippen LogP contribution in [0.5, 0.6) is 0 Å². The summed E-state index contributed by atoms with van der Waals surface area (Å²) in [5, 5.41) is 0. The fraction of sp³-hybridized carbons (Fsp3) is 0.368. The number of benzene rings is 2. The van der Waals surface area contributed by atoms with Crippen molar-refractivity contribution in [3.05, 3.63) is 53.6 Å². The van der Waals surface area contributed by atoms with E-state index >= 15 is 0 Å². The van der Waals surface area contributed by atoms with Crippen molar-refractivity contribution in [2.24, 2.45) is 0 Å². The van der Waals surface area contributed by atoms with Crippen LogP contribution >= 0.6 is 0 Å². The summed E-state index contributed by atoms with van der Waals surface area (Å²) in [5.41, 5.74) is 5.83. The molecular formula is C19H23Li. The van der Waals surface area contributed by atoms with E-state index in [1.165, 1.54) is 52.2 Å². The van der Waals surface area contributed by atoms with Gasteiger partial charge in [-0.3, -0.25) is 0 Å². The van der Waals surface area contributed by atoms with Crippen LogP contribution in [0.1, 0.15) is 50.7 Å². The van der Waals surface area contributed by atoms with E-state index < -0.39 is 0 Å². The van der Waals surface area contributed by atoms with Gasteiger partial charge in [-0.25, -0.2) is 0 Å². The monoisotopic (exact) mass is 258 g/mol. The molecule has 0 N–H and O–H groups in total. The summed E-state index contributed by atoms with van der Waals surface area (Å²) in [6.07, 6.45) is 6.65. The number of hydrogen-bond acceptors (Lipinski definition) is 0. The van der Waals surface area contributed by atoms with Crippen LogP contribution < -0.4 is 4.24 Å². The molecule has 1 heteroatoms. The number of fused-ring (bicyclic) bond motifs is 3. The van der Waals surface area contributed by atoms with Gasteiger partial charge in [0, 0.05) is 0 Å². The average molecular weight is 258 g/mol. The van der Waals surface area contributed by atoms with Crippen molar-refractivity contribution < 1.29 is 0 Å². The van der Waals surface area contributed by atoms with Gasteiger partial charge < -0.3 is 0 Å². The van der Waals surface area contributed by atoms with Crippen molar-refractivity contribution in [1.29, 1.82) is 0 Å². The van der Waals surface area contributed by atoms with Crippen molar-refractivity contribution in [2.45, 2.75) is 46.0 Å². The van der Waals surface area contributed by atoms with Crippen molar-refractivity contribution in [2.75, 3.05) is 0 Å². The van der Waals surface area contributed by atoms with E-state index in [1.54, 1.807) is 0 Å². The van der Waals surface area contributed by atoms with Crippen LogP contribution in [0.2, 0.25) is 0 Å². The molecule has 100 valence electrons. The standard InChI is InChI=1S/C13H9.C6H14.Li/c1-3-7-12-10(5-1)9-11-6-2-4-8-13(11)12;1-3-5-6-4-2;/h1-5,7-8H,9H2;3-6H2,1-2H3;. The van der Waals surface area contributed by atoms with Gasteiger partial charge in [-0.2, -0.15) is 0 Å². The zero-order valence-electron chi connectivity index (χ0n) is 13.1. The molecule has 0 aromatic heterocycles. The third kappa shape index (κ3) is 3.57. The SMILES string of the molecule is CCCCCC.[Li][c]1cccc2c1Cc1ccccc1-2. The summed E-state index contributed by atoms with van der Waals surface area (Å²) >= 11 is 2.20. The van der Waals surface area contributed by atoms with Gasteiger partial charge in [-0.05, 0) is 0 Å². The second-order valence-corrected chi connectivity index (χ2v) is 5.64. The molecule has 0 unspecified atom stereocenters. The molecule has 0 aliphatic heterocycles. The summed E-state index contributed by atoms with van der Waals surface area (Å²) in [6.45, 7) is 4.46. The molecule has 0 radical (unpaired) electrons. The van der Waals surface area contributed by atoms with E-state index in [1.807, 2.05) is 0 Å². The van der Waals surface area contributed by atoms with Crippen LogP contribution in [0.4, 0.5) is 0 Å². The van der Waals surface area contributed by atoms with E-state index in [9.17, 15) is 0 Å². The molecule has 0 saturated heterocycles. The first-order valence-corrected chi connectivity index (χ1v) is 7.94. The van der Waals surface area contributed by atoms with Crippen LogP contribution in [-0.4, -0.2) is 17.7 Å². The molecule has 0 saturated carbocycles. The van der Waals surface area contributed by atoms with Crippen molar-refractivity contribution in [1.82, 2.24) is 0 Å². The molecule has 0 atom stereocenters. The Balaban J connectivity index is 0.000000212. The zero-order valence-corrected chi connectivity index (χ0v) is 13.1. The molecule has 1 aliphatic carbocycles. The molecule has 2 aromatic rings. The molecular weight excluding hydrogens is 235 g/mol. The first-order valence-electron chi connectivity index (χ1n) is 7.94. The van der Waals surface area contributed by atoms with Gasteiger partial charge in [-0.1, -0.05) is 39.5 Å². The first kappa shape index (κ1) is 15.4. The first-order chi connectivity index (χ1) is 9.77. The van der Waals surface area contributed by atoms with Gasteiger partial charge in [0.15, 0.2) is 0 Å². The van der Waals surface area contributed by atoms with Gasteiger partial charge in [0.1, 0.15) is 0 Å². The van der Waals surface area contributed by atoms with E-state index in [2.05, 4.69) is 74.0 Å². The van der Waals surface area contributed by atoms with Crippen molar-refractivity contribution in [3.8, 4) is 11.1 Å². The molecule has 0 amide bonds. The van der Waals surface area contributed by atoms with Crippen LogP contribution in [-0.2, 0) is 6.42 Å². The number of hydrogen-bond donors (Lipinski definition) is 0. The summed E-state index contributed by atoms with van der Waals surface area (Å²) in [7, 11) is 0. The molecule has 3 rings (SSSR count). The third-order valence-corrected chi connectivity index (χ3v) is 4.04. The molecule has 0 heterocycles. The van der Waals surface area contributed by atoms with Crippen LogP contribution in [0.25, 0.3) is 11.1 Å². The Morgan fingerprint density at radius 1 is 0.850 bits per heavy atom. The molecule has 0 bridgehead atoms. The normalized spacial score (nSPS) is 11.4. The van der Waals surface area contributed by atoms with Crippen molar-refractivity contribution >= 4 is 22.0 Å². The Kier molecular flexibility index (Phi) is 5.96. The maximum absolute atomic E-state index is 2.23. The molecule has 20 heavy (non-hydrogen) atoms. The van der Waals surface area contributed by atoms with Gasteiger partial charge in [-0.15, -0.1) is 0 Å². The summed E-state index contributed by atoms with van der Waals surface area (Å²) in [5.74, 6) is 0. The third-order valence-electron chi connectivity index (χ3n) is 4.04. The minimum absolute atomic E-state index is 1.11. The quantitative estimate of drug-likeness (QED) is 0.474. The van der Waals surface area contributed by atoms with Crippen LogP contribution in [0, 0.1) is 0 Å². The Bertz CT molecular complexity index is 553. The van der Waals surface area contributed by atoms with Gasteiger partial charge >= 0.3 is 93.1 Å². The van der Waals surface area contributed by atoms with E-state index in [4.69, 9.17) is 0 Å². The minimum atomic E-state index is 1.11. The van der Waals surface area contributed by atoms with Gasteiger partial charge in [0.2, 0.25) is 0 Å². The van der Waals surface area contributed by atoms with Crippen LogP contribution in [0.3, 0.4) is 0 Å². The second kappa shape index (κ2) is 7.72. The van der Waals surface area contributed by atoms with Gasteiger partial charge in [0.25, 0.3) is 0 Å². The molecule has 0 nitrogen and oxygen atoms in total. The number of unbranched alkanes of at least 4 members (excludes halogenated alkanes) is 3. The van der Waals surface area contributed by atoms with Crippen LogP contribution in [0.15, 0.2) is 42.5 Å². The summed E-state index contributed by atoms with van der Waals surface area (Å²) in [6, 6.07) is 15.3. The average Bonchev–Trinajstić information content (AvgIpc) is 2.86. The Morgan fingerprint density at radius 2 is 1.50 bits per heavy atom. The molecule has 0 spiro atoms.